The van der Waals surface area contributed by atoms with Crippen LogP contribution in [0.15, 0.2) is 30.3 Å². The van der Waals surface area contributed by atoms with Gasteiger partial charge in [-0.15, -0.1) is 0 Å². The van der Waals surface area contributed by atoms with Gasteiger partial charge in [0.25, 0.3) is 0 Å². The quantitative estimate of drug-likeness (QED) is 0.707. The zero-order valence-corrected chi connectivity index (χ0v) is 10.5. The van der Waals surface area contributed by atoms with Crippen LogP contribution in [0.2, 0.25) is 0 Å². The van der Waals surface area contributed by atoms with Crippen LogP contribution in [0.3, 0.4) is 0 Å². The molecular formula is C10H17N4P. The fraction of sp³-hybridized carbons (Fsp3) is 0.400. The molecule has 0 aliphatic rings. The third-order valence-corrected chi connectivity index (χ3v) is 5.17. The maximum absolute atomic E-state index is 2.27. The summed E-state index contributed by atoms with van der Waals surface area (Å²) in [6.07, 6.45) is 0. The van der Waals surface area contributed by atoms with E-state index in [2.05, 4.69) is 77.0 Å². The van der Waals surface area contributed by atoms with Gasteiger partial charge in [0.15, 0.2) is 0 Å². The Morgan fingerprint density at radius 3 is 1.73 bits per heavy atom. The van der Waals surface area contributed by atoms with Gasteiger partial charge in [-0.25, -0.2) is 18.5 Å². The van der Waals surface area contributed by atoms with Gasteiger partial charge in [0.2, 0.25) is 0 Å². The van der Waals surface area contributed by atoms with Gasteiger partial charge in [-0.05, 0) is 12.1 Å². The molecule has 5 heteroatoms. The van der Waals surface area contributed by atoms with Gasteiger partial charge >= 0.3 is 0 Å². The van der Waals surface area contributed by atoms with Crippen molar-refractivity contribution < 1.29 is 0 Å². The largest absolute Gasteiger partial charge is 0.244 e. The van der Waals surface area contributed by atoms with Gasteiger partial charge in [0, 0.05) is 33.5 Å². The summed E-state index contributed by atoms with van der Waals surface area (Å²) in [4.78, 5) is 4.25. The fourth-order valence-corrected chi connectivity index (χ4v) is 3.91. The highest BCUT2D eigenvalue weighted by Crippen LogP contribution is 2.36. The van der Waals surface area contributed by atoms with Crippen LogP contribution in [-0.2, 0) is 28.2 Å². The molecule has 0 amide bonds. The SMILES string of the molecule is Cn1n(C)n(C)p(-c2ccccc2)n1C. The molecule has 0 bridgehead atoms. The molecule has 1 aromatic heterocycles. The summed E-state index contributed by atoms with van der Waals surface area (Å²) in [7, 11) is 7.97. The molecule has 1 heterocycles. The van der Waals surface area contributed by atoms with Crippen molar-refractivity contribution >= 4 is 7.85 Å². The lowest BCUT2D eigenvalue weighted by atomic mass is 10.4. The van der Waals surface area contributed by atoms with Gasteiger partial charge in [-0.1, -0.05) is 18.2 Å². The lowest BCUT2D eigenvalue weighted by Gasteiger charge is -2.05. The van der Waals surface area contributed by atoms with E-state index in [1.165, 1.54) is 5.30 Å². The molecule has 82 valence electrons. The van der Waals surface area contributed by atoms with Gasteiger partial charge < -0.3 is 0 Å². The highest BCUT2D eigenvalue weighted by atomic mass is 31.1. The van der Waals surface area contributed by atoms with E-state index in [-0.39, 0.29) is 0 Å². The number of hydrogen-bond acceptors (Lipinski definition) is 0. The van der Waals surface area contributed by atoms with E-state index in [1.54, 1.807) is 0 Å². The summed E-state index contributed by atoms with van der Waals surface area (Å²) in [5.41, 5.74) is 0. The Kier molecular flexibility index (Phi) is 2.53. The Hall–Kier alpha value is -1.28. The van der Waals surface area contributed by atoms with Crippen LogP contribution in [-0.4, -0.2) is 18.5 Å². The summed E-state index contributed by atoms with van der Waals surface area (Å²) in [6, 6.07) is 10.6. The van der Waals surface area contributed by atoms with E-state index in [4.69, 9.17) is 0 Å². The van der Waals surface area contributed by atoms with E-state index in [9.17, 15) is 0 Å². The smallest absolute Gasteiger partial charge is 0.0905 e. The topological polar surface area (TPSA) is 19.7 Å². The van der Waals surface area contributed by atoms with Crippen molar-refractivity contribution in [3.63, 3.8) is 0 Å². The van der Waals surface area contributed by atoms with Gasteiger partial charge in [0.1, 0.15) is 0 Å². The molecule has 4 nitrogen and oxygen atoms in total. The standard InChI is InChI=1S/C10H17N4P/c1-11-12(2)14(4)15(13(11)3)10-8-6-5-7-9-10/h5-9H,1-4H3. The Bertz CT molecular complexity index is 464. The van der Waals surface area contributed by atoms with E-state index < -0.39 is 7.85 Å². The molecule has 0 radical (unpaired) electrons. The lowest BCUT2D eigenvalue weighted by molar-refractivity contribution is 0.388. The molecule has 2 rings (SSSR count). The van der Waals surface area contributed by atoms with Crippen LogP contribution in [0, 0.1) is 0 Å². The molecule has 0 unspecified atom stereocenters. The molecule has 0 aliphatic carbocycles. The molecule has 0 fully saturated rings. The van der Waals surface area contributed by atoms with Crippen molar-refractivity contribution in [2.45, 2.75) is 0 Å². The summed E-state index contributed by atoms with van der Waals surface area (Å²) >= 11 is 0. The fourth-order valence-electron chi connectivity index (χ4n) is 1.70. The summed E-state index contributed by atoms with van der Waals surface area (Å²) in [5, 5.41) is 1.37. The van der Waals surface area contributed by atoms with Crippen LogP contribution in [0.1, 0.15) is 0 Å². The highest BCUT2D eigenvalue weighted by molar-refractivity contribution is 7.50. The zero-order valence-electron chi connectivity index (χ0n) is 9.62. The molecule has 0 saturated carbocycles. The number of aromatic nitrogens is 4. The number of nitrogens with zero attached hydrogens (tertiary/aromatic N) is 4. The Morgan fingerprint density at radius 1 is 0.800 bits per heavy atom. The first kappa shape index (κ1) is 10.2. The Labute approximate surface area is 90.8 Å². The number of rotatable bonds is 1. The average Bonchev–Trinajstić information content (AvgIpc) is 2.45. The van der Waals surface area contributed by atoms with E-state index >= 15 is 0 Å². The molecular weight excluding hydrogens is 207 g/mol. The Morgan fingerprint density at radius 2 is 1.27 bits per heavy atom. The van der Waals surface area contributed by atoms with Crippen molar-refractivity contribution in [1.29, 1.82) is 0 Å². The summed E-state index contributed by atoms with van der Waals surface area (Å²) in [6.45, 7) is 0. The average molecular weight is 224 g/mol. The predicted molar refractivity (Wildman–Crippen MR) is 64.0 cm³/mol. The molecule has 0 aliphatic heterocycles. The van der Waals surface area contributed by atoms with E-state index in [0.717, 1.165) is 0 Å². The summed E-state index contributed by atoms with van der Waals surface area (Å²) < 4.78 is 4.54. The number of hydrogen-bond donors (Lipinski definition) is 0. The lowest BCUT2D eigenvalue weighted by Crippen LogP contribution is -2.14. The van der Waals surface area contributed by atoms with Crippen molar-refractivity contribution in [3.8, 4) is 5.30 Å². The monoisotopic (exact) mass is 224 g/mol. The molecule has 2 aromatic rings. The second-order valence-electron chi connectivity index (χ2n) is 3.58. The van der Waals surface area contributed by atoms with Crippen LogP contribution in [0.25, 0.3) is 5.30 Å². The van der Waals surface area contributed by atoms with Gasteiger partial charge in [-0.3, -0.25) is 0 Å². The van der Waals surface area contributed by atoms with Gasteiger partial charge in [0.05, 0.1) is 7.85 Å². The summed E-state index contributed by atoms with van der Waals surface area (Å²) in [5.74, 6) is 0. The normalized spacial score (nSPS) is 10.7. The second kappa shape index (κ2) is 3.70. The van der Waals surface area contributed by atoms with Crippen LogP contribution < -0.4 is 0 Å². The van der Waals surface area contributed by atoms with Crippen LogP contribution in [0.4, 0.5) is 0 Å². The second-order valence-corrected chi connectivity index (χ2v) is 5.84. The van der Waals surface area contributed by atoms with E-state index in [1.807, 2.05) is 0 Å². The molecule has 0 atom stereocenters. The molecule has 0 spiro atoms. The van der Waals surface area contributed by atoms with Crippen molar-refractivity contribution in [2.75, 3.05) is 0 Å². The minimum Gasteiger partial charge on any atom is -0.244 e. The van der Waals surface area contributed by atoms with Crippen LogP contribution >= 0.6 is 7.85 Å². The Balaban J connectivity index is 2.69. The van der Waals surface area contributed by atoms with Crippen molar-refractivity contribution in [3.05, 3.63) is 30.3 Å². The molecule has 0 N–H and O–H groups in total. The van der Waals surface area contributed by atoms with Crippen LogP contribution in [0.5, 0.6) is 0 Å². The van der Waals surface area contributed by atoms with Crippen molar-refractivity contribution in [2.24, 2.45) is 28.2 Å². The zero-order chi connectivity index (χ0) is 11.0. The molecule has 15 heavy (non-hydrogen) atoms. The maximum atomic E-state index is 2.27. The minimum atomic E-state index is -0.423. The maximum Gasteiger partial charge on any atom is 0.0905 e. The minimum absolute atomic E-state index is 0.423. The number of benzene rings is 1. The van der Waals surface area contributed by atoms with Gasteiger partial charge in [-0.2, -0.15) is 0 Å². The predicted octanol–water partition coefficient (Wildman–Crippen LogP) is 2.14. The molecule has 0 saturated heterocycles. The highest BCUT2D eigenvalue weighted by Gasteiger charge is 2.08. The third kappa shape index (κ3) is 1.55. The molecule has 1 aromatic carbocycles. The first-order valence-electron chi connectivity index (χ1n) is 4.92. The first-order valence-corrected chi connectivity index (χ1v) is 6.17. The van der Waals surface area contributed by atoms with E-state index in [0.29, 0.717) is 0 Å². The first-order chi connectivity index (χ1) is 7.13. The third-order valence-electron chi connectivity index (χ3n) is 2.79. The van der Waals surface area contributed by atoms with Crippen molar-refractivity contribution in [1.82, 2.24) is 18.5 Å².